The summed E-state index contributed by atoms with van der Waals surface area (Å²) in [6.45, 7) is 6.56. The third kappa shape index (κ3) is 5.71. The van der Waals surface area contributed by atoms with Gasteiger partial charge in [-0.3, -0.25) is 4.79 Å². The van der Waals surface area contributed by atoms with Crippen LogP contribution in [-0.2, 0) is 4.79 Å². The Morgan fingerprint density at radius 1 is 1.29 bits per heavy atom. The Morgan fingerprint density at radius 2 is 1.89 bits per heavy atom. The Bertz CT molecular complexity index is 711. The molecule has 1 aromatic rings. The third-order valence-electron chi connectivity index (χ3n) is 4.48. The third-order valence-corrected chi connectivity index (χ3v) is 4.76. The largest absolute Gasteiger partial charge is 0.490 e. The second-order valence-electron chi connectivity index (χ2n) is 6.58. The molecular weight excluding hydrogens is 401 g/mol. The van der Waals surface area contributed by atoms with Crippen molar-refractivity contribution < 1.29 is 27.9 Å². The highest BCUT2D eigenvalue weighted by molar-refractivity contribution is 6.33. The van der Waals surface area contributed by atoms with E-state index in [1.165, 1.54) is 0 Å². The van der Waals surface area contributed by atoms with Crippen LogP contribution in [0, 0.1) is 0 Å². The van der Waals surface area contributed by atoms with E-state index < -0.39 is 12.1 Å². The number of hydrogen-bond acceptors (Lipinski definition) is 5. The summed E-state index contributed by atoms with van der Waals surface area (Å²) >= 11 is 6.38. The van der Waals surface area contributed by atoms with Crippen molar-refractivity contribution in [2.24, 2.45) is 0 Å². The van der Waals surface area contributed by atoms with Gasteiger partial charge in [0.15, 0.2) is 0 Å². The average molecular weight is 423 g/mol. The second-order valence-corrected chi connectivity index (χ2v) is 6.99. The number of carboxylic acid groups (broad SMARTS) is 1. The molecule has 1 aromatic heterocycles. The SMILES string of the molecule is CC1CNCCN1c1ncc(C(=O)N2CCCC2)cc1Cl.O=C(O)C(F)(F)F. The van der Waals surface area contributed by atoms with Crippen molar-refractivity contribution >= 4 is 29.3 Å². The summed E-state index contributed by atoms with van der Waals surface area (Å²) in [4.78, 5) is 29.8. The highest BCUT2D eigenvalue weighted by atomic mass is 35.5. The normalized spacial score (nSPS) is 19.8. The number of amides is 1. The van der Waals surface area contributed by atoms with Crippen molar-refractivity contribution in [3.05, 3.63) is 22.8 Å². The molecule has 2 fully saturated rings. The van der Waals surface area contributed by atoms with Crippen LogP contribution in [0.5, 0.6) is 0 Å². The number of anilines is 1. The predicted octanol–water partition coefficient (Wildman–Crippen LogP) is 2.40. The van der Waals surface area contributed by atoms with Gasteiger partial charge in [-0.05, 0) is 25.8 Å². The summed E-state index contributed by atoms with van der Waals surface area (Å²) < 4.78 is 31.7. The van der Waals surface area contributed by atoms with Gasteiger partial charge in [0.25, 0.3) is 5.91 Å². The topological polar surface area (TPSA) is 85.8 Å². The minimum Gasteiger partial charge on any atom is -0.475 e. The van der Waals surface area contributed by atoms with Crippen molar-refractivity contribution in [3.8, 4) is 0 Å². The van der Waals surface area contributed by atoms with E-state index in [0.717, 1.165) is 51.4 Å². The Kier molecular flexibility index (Phi) is 7.48. The number of alkyl halides is 3. The number of halogens is 4. The Balaban J connectivity index is 0.000000345. The number of aliphatic carboxylic acids is 1. The van der Waals surface area contributed by atoms with E-state index in [0.29, 0.717) is 16.6 Å². The van der Waals surface area contributed by atoms with Gasteiger partial charge in [-0.15, -0.1) is 0 Å². The Morgan fingerprint density at radius 3 is 2.39 bits per heavy atom. The first kappa shape index (κ1) is 22.2. The fourth-order valence-corrected chi connectivity index (χ4v) is 3.29. The number of hydrogen-bond donors (Lipinski definition) is 2. The minimum absolute atomic E-state index is 0.0433. The zero-order valence-corrected chi connectivity index (χ0v) is 16.1. The molecule has 2 aliphatic rings. The van der Waals surface area contributed by atoms with Gasteiger partial charge >= 0.3 is 12.1 Å². The molecule has 2 N–H and O–H groups in total. The molecule has 1 unspecified atom stereocenters. The van der Waals surface area contributed by atoms with E-state index in [1.54, 1.807) is 12.3 Å². The minimum atomic E-state index is -5.08. The van der Waals surface area contributed by atoms with Gasteiger partial charge in [0.05, 0.1) is 10.6 Å². The summed E-state index contributed by atoms with van der Waals surface area (Å²) in [5, 5.41) is 11.0. The first-order valence-corrected chi connectivity index (χ1v) is 9.21. The number of likely N-dealkylation sites (tertiary alicyclic amines) is 1. The summed E-state index contributed by atoms with van der Waals surface area (Å²) in [5.41, 5.74) is 0.591. The molecular formula is C17H22ClF3N4O3. The average Bonchev–Trinajstić information content (AvgIpc) is 3.16. The summed E-state index contributed by atoms with van der Waals surface area (Å²) in [5.74, 6) is -1.93. The van der Waals surface area contributed by atoms with Crippen molar-refractivity contribution in [2.75, 3.05) is 37.6 Å². The zero-order chi connectivity index (χ0) is 20.9. The number of nitrogens with one attached hydrogen (secondary N) is 1. The molecule has 1 atom stereocenters. The van der Waals surface area contributed by atoms with Gasteiger partial charge in [0, 0.05) is 45.0 Å². The number of rotatable bonds is 2. The van der Waals surface area contributed by atoms with Gasteiger partial charge in [-0.1, -0.05) is 11.6 Å². The van der Waals surface area contributed by atoms with E-state index in [1.807, 2.05) is 4.90 Å². The lowest BCUT2D eigenvalue weighted by Gasteiger charge is -2.35. The van der Waals surface area contributed by atoms with E-state index in [-0.39, 0.29) is 5.91 Å². The smallest absolute Gasteiger partial charge is 0.475 e. The van der Waals surface area contributed by atoms with E-state index in [9.17, 15) is 18.0 Å². The number of carbonyl (C=O) groups is 2. The van der Waals surface area contributed by atoms with Crippen LogP contribution in [0.2, 0.25) is 5.02 Å². The van der Waals surface area contributed by atoms with Crippen LogP contribution in [0.25, 0.3) is 0 Å². The molecule has 11 heteroatoms. The maximum Gasteiger partial charge on any atom is 0.490 e. The number of carbonyl (C=O) groups excluding carboxylic acids is 1. The van der Waals surface area contributed by atoms with Gasteiger partial charge in [-0.2, -0.15) is 13.2 Å². The quantitative estimate of drug-likeness (QED) is 0.761. The van der Waals surface area contributed by atoms with Crippen LogP contribution in [0.3, 0.4) is 0 Å². The van der Waals surface area contributed by atoms with Crippen molar-refractivity contribution in [2.45, 2.75) is 32.0 Å². The lowest BCUT2D eigenvalue weighted by Crippen LogP contribution is -2.50. The molecule has 0 saturated carbocycles. The highest BCUT2D eigenvalue weighted by Crippen LogP contribution is 2.27. The molecule has 156 valence electrons. The molecule has 7 nitrogen and oxygen atoms in total. The van der Waals surface area contributed by atoms with Gasteiger partial charge in [0.2, 0.25) is 0 Å². The monoisotopic (exact) mass is 422 g/mol. The molecule has 1 amide bonds. The Labute approximate surface area is 165 Å². The summed E-state index contributed by atoms with van der Waals surface area (Å²) in [7, 11) is 0. The van der Waals surface area contributed by atoms with E-state index in [4.69, 9.17) is 21.5 Å². The first-order chi connectivity index (χ1) is 13.1. The van der Waals surface area contributed by atoms with Gasteiger partial charge in [-0.25, -0.2) is 9.78 Å². The summed E-state index contributed by atoms with van der Waals surface area (Å²) in [6, 6.07) is 2.11. The predicted molar refractivity (Wildman–Crippen MR) is 97.8 cm³/mol. The molecule has 3 rings (SSSR count). The van der Waals surface area contributed by atoms with Crippen LogP contribution in [0.15, 0.2) is 12.3 Å². The fourth-order valence-electron chi connectivity index (χ4n) is 3.02. The van der Waals surface area contributed by atoms with Crippen LogP contribution in [0.4, 0.5) is 19.0 Å². The maximum atomic E-state index is 12.4. The zero-order valence-electron chi connectivity index (χ0n) is 15.3. The van der Waals surface area contributed by atoms with Gasteiger partial charge in [0.1, 0.15) is 5.82 Å². The number of carboxylic acids is 1. The van der Waals surface area contributed by atoms with Crippen molar-refractivity contribution in [1.82, 2.24) is 15.2 Å². The van der Waals surface area contributed by atoms with Crippen LogP contribution in [0.1, 0.15) is 30.1 Å². The standard InChI is InChI=1S/C15H21ClN4O.C2HF3O2/c1-11-9-17-4-7-20(11)14-13(16)8-12(10-18-14)15(21)19-5-2-3-6-19;3-2(4,5)1(6)7/h8,10-11,17H,2-7,9H2,1H3;(H,6,7). The molecule has 28 heavy (non-hydrogen) atoms. The summed E-state index contributed by atoms with van der Waals surface area (Å²) in [6.07, 6.45) is -1.25. The molecule has 0 radical (unpaired) electrons. The number of aromatic nitrogens is 1. The van der Waals surface area contributed by atoms with Crippen molar-refractivity contribution in [1.29, 1.82) is 0 Å². The van der Waals surface area contributed by atoms with Crippen LogP contribution in [-0.4, -0.2) is 71.8 Å². The molecule has 0 spiro atoms. The molecule has 0 bridgehead atoms. The van der Waals surface area contributed by atoms with Crippen molar-refractivity contribution in [3.63, 3.8) is 0 Å². The number of piperazine rings is 1. The molecule has 3 heterocycles. The van der Waals surface area contributed by atoms with Crippen LogP contribution < -0.4 is 10.2 Å². The number of nitrogens with zero attached hydrogens (tertiary/aromatic N) is 3. The number of pyridine rings is 1. The second kappa shape index (κ2) is 9.42. The lowest BCUT2D eigenvalue weighted by molar-refractivity contribution is -0.192. The molecule has 0 aliphatic carbocycles. The Hall–Kier alpha value is -2.07. The lowest BCUT2D eigenvalue weighted by atomic mass is 10.2. The maximum absolute atomic E-state index is 12.4. The first-order valence-electron chi connectivity index (χ1n) is 8.83. The molecule has 2 saturated heterocycles. The van der Waals surface area contributed by atoms with E-state index >= 15 is 0 Å². The van der Waals surface area contributed by atoms with Gasteiger partial charge < -0.3 is 20.2 Å². The molecule has 2 aliphatic heterocycles. The highest BCUT2D eigenvalue weighted by Gasteiger charge is 2.38. The molecule has 0 aromatic carbocycles. The van der Waals surface area contributed by atoms with E-state index in [2.05, 4.69) is 22.1 Å². The van der Waals surface area contributed by atoms with Crippen LogP contribution >= 0.6 is 11.6 Å². The fraction of sp³-hybridized carbons (Fsp3) is 0.588.